The van der Waals surface area contributed by atoms with Crippen molar-refractivity contribution in [1.82, 2.24) is 15.5 Å². The van der Waals surface area contributed by atoms with Crippen LogP contribution in [0.15, 0.2) is 22.7 Å². The predicted octanol–water partition coefficient (Wildman–Crippen LogP) is 0.775. The second kappa shape index (κ2) is 7.55. The quantitative estimate of drug-likeness (QED) is 0.657. The molecule has 10 heteroatoms. The number of hydrogen-bond acceptors (Lipinski definition) is 6. The van der Waals surface area contributed by atoms with Crippen LogP contribution in [0.3, 0.4) is 0 Å². The van der Waals surface area contributed by atoms with Gasteiger partial charge in [0.05, 0.1) is 6.54 Å². The molecule has 0 radical (unpaired) electrons. The van der Waals surface area contributed by atoms with Crippen molar-refractivity contribution in [3.63, 3.8) is 0 Å². The van der Waals surface area contributed by atoms with Crippen molar-refractivity contribution in [1.29, 1.82) is 0 Å². The van der Waals surface area contributed by atoms with E-state index in [0.29, 0.717) is 16.3 Å². The van der Waals surface area contributed by atoms with E-state index in [1.807, 2.05) is 0 Å². The van der Waals surface area contributed by atoms with E-state index in [1.54, 1.807) is 25.1 Å². The smallest absolute Gasteiger partial charge is 0.315 e. The summed E-state index contributed by atoms with van der Waals surface area (Å²) in [5, 5.41) is 9.01. The summed E-state index contributed by atoms with van der Waals surface area (Å²) < 4.78 is 4.56. The van der Waals surface area contributed by atoms with Gasteiger partial charge in [0.1, 0.15) is 6.42 Å². The van der Waals surface area contributed by atoms with Gasteiger partial charge in [-0.25, -0.2) is 0 Å². The maximum Gasteiger partial charge on any atom is 0.315 e. The third-order valence-corrected chi connectivity index (χ3v) is 3.39. The third kappa shape index (κ3) is 4.53. The molecule has 24 heavy (non-hydrogen) atoms. The minimum atomic E-state index is -0.864. The van der Waals surface area contributed by atoms with Crippen LogP contribution in [0.4, 0.5) is 5.69 Å². The van der Waals surface area contributed by atoms with Crippen molar-refractivity contribution in [2.45, 2.75) is 19.9 Å². The summed E-state index contributed by atoms with van der Waals surface area (Å²) in [6.07, 6.45) is -0.396. The lowest BCUT2D eigenvalue weighted by atomic mass is 10.2. The number of amides is 3. The van der Waals surface area contributed by atoms with Crippen LogP contribution < -0.4 is 16.4 Å². The van der Waals surface area contributed by atoms with E-state index in [0.717, 1.165) is 0 Å². The van der Waals surface area contributed by atoms with E-state index in [2.05, 4.69) is 25.3 Å². The molecule has 126 valence electrons. The molecule has 9 nitrogen and oxygen atoms in total. The summed E-state index contributed by atoms with van der Waals surface area (Å²) in [6, 6.07) is 5.07. The van der Waals surface area contributed by atoms with E-state index in [1.165, 1.54) is 0 Å². The zero-order valence-electron chi connectivity index (χ0n) is 12.6. The number of nitrogens with zero attached hydrogens (tertiary/aromatic N) is 2. The Morgan fingerprint density at radius 1 is 1.29 bits per heavy atom. The summed E-state index contributed by atoms with van der Waals surface area (Å²) in [5.74, 6) is -2.19. The molecule has 0 saturated heterocycles. The van der Waals surface area contributed by atoms with Crippen LogP contribution >= 0.6 is 11.6 Å². The first-order valence-electron chi connectivity index (χ1n) is 6.81. The van der Waals surface area contributed by atoms with Crippen molar-refractivity contribution in [3.05, 3.63) is 40.5 Å². The van der Waals surface area contributed by atoms with Gasteiger partial charge in [0, 0.05) is 10.7 Å². The van der Waals surface area contributed by atoms with Gasteiger partial charge in [0.2, 0.25) is 11.8 Å². The van der Waals surface area contributed by atoms with Gasteiger partial charge in [-0.1, -0.05) is 22.8 Å². The lowest BCUT2D eigenvalue weighted by molar-refractivity contribution is -0.126. The summed E-state index contributed by atoms with van der Waals surface area (Å²) in [4.78, 5) is 38.1. The summed E-state index contributed by atoms with van der Waals surface area (Å²) in [7, 11) is 0. The van der Waals surface area contributed by atoms with Crippen molar-refractivity contribution >= 4 is 35.0 Å². The van der Waals surface area contributed by atoms with Crippen molar-refractivity contribution in [3.8, 4) is 0 Å². The molecule has 2 rings (SSSR count). The fourth-order valence-corrected chi connectivity index (χ4v) is 1.92. The highest BCUT2D eigenvalue weighted by Crippen LogP contribution is 2.22. The minimum absolute atomic E-state index is 0.0724. The van der Waals surface area contributed by atoms with Gasteiger partial charge in [0.15, 0.2) is 5.82 Å². The van der Waals surface area contributed by atoms with Crippen LogP contribution in [0, 0.1) is 6.92 Å². The van der Waals surface area contributed by atoms with Crippen LogP contribution in [0.5, 0.6) is 0 Å². The normalized spacial score (nSPS) is 10.2. The molecule has 4 N–H and O–H groups in total. The molecular formula is C14H14ClN5O4. The number of carbonyl (C=O) groups excluding carboxylic acids is 3. The van der Waals surface area contributed by atoms with Crippen LogP contribution in [0.25, 0.3) is 0 Å². The molecule has 1 aromatic carbocycles. The Labute approximate surface area is 141 Å². The Hall–Kier alpha value is -2.94. The van der Waals surface area contributed by atoms with Gasteiger partial charge in [0.25, 0.3) is 0 Å². The number of aromatic nitrogens is 2. The second-order valence-electron chi connectivity index (χ2n) is 4.79. The van der Waals surface area contributed by atoms with Crippen molar-refractivity contribution in [2.75, 3.05) is 5.32 Å². The first-order valence-corrected chi connectivity index (χ1v) is 7.18. The van der Waals surface area contributed by atoms with E-state index in [9.17, 15) is 14.4 Å². The van der Waals surface area contributed by atoms with E-state index in [-0.39, 0.29) is 18.3 Å². The van der Waals surface area contributed by atoms with Gasteiger partial charge in [-0.05, 0) is 24.6 Å². The van der Waals surface area contributed by atoms with Gasteiger partial charge in [-0.15, -0.1) is 0 Å². The molecule has 0 aliphatic heterocycles. The van der Waals surface area contributed by atoms with E-state index in [4.69, 9.17) is 17.3 Å². The largest absolute Gasteiger partial charge is 0.361 e. The molecule has 0 saturated carbocycles. The van der Waals surface area contributed by atoms with E-state index < -0.39 is 24.1 Å². The minimum Gasteiger partial charge on any atom is -0.361 e. The first kappa shape index (κ1) is 17.4. The highest BCUT2D eigenvalue weighted by Gasteiger charge is 2.14. The maximum absolute atomic E-state index is 11.9. The highest BCUT2D eigenvalue weighted by atomic mass is 35.5. The molecule has 3 amide bonds. The number of hydrogen-bond donors (Lipinski definition) is 3. The molecule has 0 spiro atoms. The van der Waals surface area contributed by atoms with Crippen LogP contribution in [0.1, 0.15) is 28.5 Å². The molecule has 0 unspecified atom stereocenters. The standard InChI is InChI=1S/C14H14ClN5O4/c1-7-8(15)3-2-4-9(7)18-12(22)5-11(21)17-6-10-19-14(13(16)23)24-20-10/h2-4H,5-6H2,1H3,(H2,16,23)(H,17,21)(H,18,22). The number of nitrogens with two attached hydrogens (primary N) is 1. The van der Waals surface area contributed by atoms with Gasteiger partial charge in [-0.3, -0.25) is 14.4 Å². The SMILES string of the molecule is Cc1c(Cl)cccc1NC(=O)CC(=O)NCc1noc(C(N)=O)n1. The van der Waals surface area contributed by atoms with Gasteiger partial charge in [-0.2, -0.15) is 4.98 Å². The molecule has 0 bridgehead atoms. The molecule has 0 atom stereocenters. The molecule has 0 aliphatic rings. The first-order chi connectivity index (χ1) is 11.4. The topological polar surface area (TPSA) is 140 Å². The van der Waals surface area contributed by atoms with Gasteiger partial charge >= 0.3 is 11.8 Å². The Kier molecular flexibility index (Phi) is 5.48. The Morgan fingerprint density at radius 2 is 2.04 bits per heavy atom. The third-order valence-electron chi connectivity index (χ3n) is 2.99. The molecular weight excluding hydrogens is 338 g/mol. The summed E-state index contributed by atoms with van der Waals surface area (Å²) in [6.45, 7) is 1.66. The molecule has 1 aromatic heterocycles. The van der Waals surface area contributed by atoms with Crippen molar-refractivity contribution < 1.29 is 18.9 Å². The number of primary amides is 1. The Balaban J connectivity index is 1.84. The zero-order valence-corrected chi connectivity index (χ0v) is 13.4. The number of benzene rings is 1. The number of carbonyl (C=O) groups is 3. The monoisotopic (exact) mass is 351 g/mol. The average molecular weight is 352 g/mol. The number of rotatable bonds is 6. The maximum atomic E-state index is 11.9. The van der Waals surface area contributed by atoms with Gasteiger partial charge < -0.3 is 20.9 Å². The summed E-state index contributed by atoms with van der Waals surface area (Å²) >= 11 is 5.96. The Bertz CT molecular complexity index is 789. The number of halogens is 1. The molecule has 1 heterocycles. The zero-order chi connectivity index (χ0) is 17.7. The molecule has 0 fully saturated rings. The van der Waals surface area contributed by atoms with Crippen LogP contribution in [-0.2, 0) is 16.1 Å². The molecule has 2 aromatic rings. The Morgan fingerprint density at radius 3 is 2.71 bits per heavy atom. The van der Waals surface area contributed by atoms with Crippen LogP contribution in [-0.4, -0.2) is 27.9 Å². The fraction of sp³-hybridized carbons (Fsp3) is 0.214. The fourth-order valence-electron chi connectivity index (χ4n) is 1.75. The second-order valence-corrected chi connectivity index (χ2v) is 5.20. The number of anilines is 1. The number of nitrogens with one attached hydrogen (secondary N) is 2. The van der Waals surface area contributed by atoms with Crippen molar-refractivity contribution in [2.24, 2.45) is 5.73 Å². The summed E-state index contributed by atoms with van der Waals surface area (Å²) in [5.41, 5.74) is 6.20. The lowest BCUT2D eigenvalue weighted by Gasteiger charge is -2.09. The molecule has 0 aliphatic carbocycles. The van der Waals surface area contributed by atoms with E-state index >= 15 is 0 Å². The lowest BCUT2D eigenvalue weighted by Crippen LogP contribution is -2.28. The highest BCUT2D eigenvalue weighted by molar-refractivity contribution is 6.31. The van der Waals surface area contributed by atoms with Crippen LogP contribution in [0.2, 0.25) is 5.02 Å². The predicted molar refractivity (Wildman–Crippen MR) is 84.1 cm³/mol. The average Bonchev–Trinajstić information content (AvgIpc) is 2.99.